The molecule has 96 valence electrons. The minimum Gasteiger partial charge on any atom is -0.432 e. The summed E-state index contributed by atoms with van der Waals surface area (Å²) < 4.78 is 6.51. The molecule has 0 spiro atoms. The number of aryl methyl sites for hydroxylation is 3. The van der Waals surface area contributed by atoms with Gasteiger partial charge in [-0.25, -0.2) is 0 Å². The zero-order valence-electron chi connectivity index (χ0n) is 10.5. The van der Waals surface area contributed by atoms with Gasteiger partial charge < -0.3 is 10.2 Å². The molecule has 2 heterocycles. The zero-order valence-corrected chi connectivity index (χ0v) is 10.5. The number of oxazole rings is 1. The van der Waals surface area contributed by atoms with Crippen molar-refractivity contribution >= 4 is 17.6 Å². The van der Waals surface area contributed by atoms with Gasteiger partial charge in [0.15, 0.2) is 0 Å². The molecule has 0 atom stereocenters. The van der Waals surface area contributed by atoms with Gasteiger partial charge in [-0.15, -0.1) is 0 Å². The first-order chi connectivity index (χ1) is 8.52. The van der Waals surface area contributed by atoms with Crippen LogP contribution < -0.4 is 11.1 Å². The molecule has 0 bridgehead atoms. The van der Waals surface area contributed by atoms with Crippen molar-refractivity contribution in [1.29, 1.82) is 0 Å². The Bertz CT molecular complexity index is 584. The van der Waals surface area contributed by atoms with E-state index in [0.29, 0.717) is 29.2 Å². The SMILES string of the molecule is CCc1nn(C)c(C(=O)Nc2nc(C)co2)c1N. The summed E-state index contributed by atoms with van der Waals surface area (Å²) in [4.78, 5) is 16.0. The molecular formula is C11H15N5O2. The second-order valence-electron chi connectivity index (χ2n) is 3.93. The quantitative estimate of drug-likeness (QED) is 0.849. The summed E-state index contributed by atoms with van der Waals surface area (Å²) >= 11 is 0. The summed E-state index contributed by atoms with van der Waals surface area (Å²) in [6.07, 6.45) is 2.13. The summed E-state index contributed by atoms with van der Waals surface area (Å²) in [6, 6.07) is 0.149. The van der Waals surface area contributed by atoms with E-state index in [1.165, 1.54) is 10.9 Å². The molecule has 0 aliphatic carbocycles. The van der Waals surface area contributed by atoms with E-state index >= 15 is 0 Å². The van der Waals surface area contributed by atoms with Crippen molar-refractivity contribution in [2.24, 2.45) is 7.05 Å². The van der Waals surface area contributed by atoms with Crippen molar-refractivity contribution in [1.82, 2.24) is 14.8 Å². The lowest BCUT2D eigenvalue weighted by atomic mass is 10.2. The van der Waals surface area contributed by atoms with E-state index in [4.69, 9.17) is 10.2 Å². The van der Waals surface area contributed by atoms with Gasteiger partial charge in [-0.2, -0.15) is 10.1 Å². The first-order valence-electron chi connectivity index (χ1n) is 5.57. The molecule has 1 amide bonds. The number of nitrogen functional groups attached to an aromatic ring is 1. The normalized spacial score (nSPS) is 10.6. The highest BCUT2D eigenvalue weighted by Crippen LogP contribution is 2.18. The Morgan fingerprint density at radius 1 is 1.61 bits per heavy atom. The summed E-state index contributed by atoms with van der Waals surface area (Å²) in [5.74, 6) is -0.385. The van der Waals surface area contributed by atoms with Crippen LogP contribution in [0.15, 0.2) is 10.7 Å². The third-order valence-corrected chi connectivity index (χ3v) is 2.55. The number of nitrogens with zero attached hydrogens (tertiary/aromatic N) is 3. The maximum absolute atomic E-state index is 12.0. The molecule has 18 heavy (non-hydrogen) atoms. The van der Waals surface area contributed by atoms with Crippen molar-refractivity contribution in [2.45, 2.75) is 20.3 Å². The Morgan fingerprint density at radius 2 is 2.33 bits per heavy atom. The van der Waals surface area contributed by atoms with E-state index < -0.39 is 0 Å². The smallest absolute Gasteiger partial charge is 0.301 e. The van der Waals surface area contributed by atoms with Gasteiger partial charge in [0, 0.05) is 7.05 Å². The van der Waals surface area contributed by atoms with Crippen LogP contribution in [-0.4, -0.2) is 20.7 Å². The molecule has 7 heteroatoms. The number of hydrogen-bond acceptors (Lipinski definition) is 5. The number of nitrogens with two attached hydrogens (primary N) is 1. The number of aromatic nitrogens is 3. The highest BCUT2D eigenvalue weighted by Gasteiger charge is 2.20. The van der Waals surface area contributed by atoms with Gasteiger partial charge in [0.2, 0.25) is 0 Å². The van der Waals surface area contributed by atoms with Crippen LogP contribution in [0.3, 0.4) is 0 Å². The first kappa shape index (κ1) is 12.2. The third kappa shape index (κ3) is 2.06. The Morgan fingerprint density at radius 3 is 2.83 bits per heavy atom. The maximum Gasteiger partial charge on any atom is 0.301 e. The van der Waals surface area contributed by atoms with Gasteiger partial charge in [-0.1, -0.05) is 6.92 Å². The Hall–Kier alpha value is -2.31. The predicted molar refractivity (Wildman–Crippen MR) is 66.2 cm³/mol. The van der Waals surface area contributed by atoms with Crippen LogP contribution in [0.2, 0.25) is 0 Å². The first-order valence-corrected chi connectivity index (χ1v) is 5.57. The van der Waals surface area contributed by atoms with Crippen molar-refractivity contribution < 1.29 is 9.21 Å². The number of hydrogen-bond donors (Lipinski definition) is 2. The van der Waals surface area contributed by atoms with Gasteiger partial charge in [-0.05, 0) is 13.3 Å². The van der Waals surface area contributed by atoms with E-state index in [1.54, 1.807) is 14.0 Å². The van der Waals surface area contributed by atoms with Gasteiger partial charge >= 0.3 is 6.01 Å². The summed E-state index contributed by atoms with van der Waals surface area (Å²) in [5, 5.41) is 6.72. The molecule has 0 aromatic carbocycles. The molecule has 2 aromatic heterocycles. The van der Waals surface area contributed by atoms with Crippen LogP contribution in [0.5, 0.6) is 0 Å². The Balaban J connectivity index is 2.26. The summed E-state index contributed by atoms with van der Waals surface area (Å²) in [6.45, 7) is 3.70. The van der Waals surface area contributed by atoms with Crippen LogP contribution in [0.25, 0.3) is 0 Å². The van der Waals surface area contributed by atoms with Crippen LogP contribution in [0, 0.1) is 6.92 Å². The van der Waals surface area contributed by atoms with E-state index in [9.17, 15) is 4.79 Å². The average Bonchev–Trinajstić information content (AvgIpc) is 2.83. The number of nitrogens with one attached hydrogen (secondary N) is 1. The molecule has 2 aromatic rings. The van der Waals surface area contributed by atoms with E-state index in [2.05, 4.69) is 15.4 Å². The molecule has 0 saturated heterocycles. The fourth-order valence-electron chi connectivity index (χ4n) is 1.69. The second-order valence-corrected chi connectivity index (χ2v) is 3.93. The molecule has 0 saturated carbocycles. The fraction of sp³-hybridized carbons (Fsp3) is 0.364. The molecule has 0 fully saturated rings. The highest BCUT2D eigenvalue weighted by molar-refractivity contribution is 6.05. The molecule has 0 aliphatic rings. The van der Waals surface area contributed by atoms with E-state index in [-0.39, 0.29) is 11.9 Å². The zero-order chi connectivity index (χ0) is 13.3. The van der Waals surface area contributed by atoms with Crippen LogP contribution >= 0.6 is 0 Å². The van der Waals surface area contributed by atoms with E-state index in [0.717, 1.165) is 0 Å². The number of amides is 1. The Kier molecular flexibility index (Phi) is 3.05. The summed E-state index contributed by atoms with van der Waals surface area (Å²) in [7, 11) is 1.67. The van der Waals surface area contributed by atoms with Crippen LogP contribution in [-0.2, 0) is 13.5 Å². The van der Waals surface area contributed by atoms with E-state index in [1.807, 2.05) is 6.92 Å². The van der Waals surface area contributed by atoms with Crippen molar-refractivity contribution in [3.8, 4) is 0 Å². The third-order valence-electron chi connectivity index (χ3n) is 2.55. The molecule has 3 N–H and O–H groups in total. The van der Waals surface area contributed by atoms with Gasteiger partial charge in [-0.3, -0.25) is 14.8 Å². The highest BCUT2D eigenvalue weighted by atomic mass is 16.4. The monoisotopic (exact) mass is 249 g/mol. The Labute approximate surface area is 104 Å². The van der Waals surface area contributed by atoms with Crippen molar-refractivity contribution in [2.75, 3.05) is 11.1 Å². The molecule has 2 rings (SSSR count). The lowest BCUT2D eigenvalue weighted by Crippen LogP contribution is -2.17. The number of anilines is 2. The molecule has 0 radical (unpaired) electrons. The predicted octanol–water partition coefficient (Wildman–Crippen LogP) is 1.11. The van der Waals surface area contributed by atoms with Crippen LogP contribution in [0.4, 0.5) is 11.7 Å². The van der Waals surface area contributed by atoms with Gasteiger partial charge in [0.25, 0.3) is 5.91 Å². The van der Waals surface area contributed by atoms with Gasteiger partial charge in [0.05, 0.1) is 17.1 Å². The van der Waals surface area contributed by atoms with Crippen molar-refractivity contribution in [3.05, 3.63) is 23.3 Å². The van der Waals surface area contributed by atoms with Crippen LogP contribution in [0.1, 0.15) is 28.8 Å². The maximum atomic E-state index is 12.0. The number of carbonyl (C=O) groups is 1. The van der Waals surface area contributed by atoms with Crippen molar-refractivity contribution in [3.63, 3.8) is 0 Å². The topological polar surface area (TPSA) is 99.0 Å². The number of carbonyl (C=O) groups excluding carboxylic acids is 1. The minimum atomic E-state index is -0.385. The number of rotatable bonds is 3. The van der Waals surface area contributed by atoms with Gasteiger partial charge in [0.1, 0.15) is 12.0 Å². The molecule has 0 aliphatic heterocycles. The lowest BCUT2D eigenvalue weighted by Gasteiger charge is -2.02. The molecular weight excluding hydrogens is 234 g/mol. The largest absolute Gasteiger partial charge is 0.432 e. The molecule has 0 unspecified atom stereocenters. The summed E-state index contributed by atoms with van der Waals surface area (Å²) in [5.41, 5.74) is 7.97. The molecule has 7 nitrogen and oxygen atoms in total. The fourth-order valence-corrected chi connectivity index (χ4v) is 1.69. The lowest BCUT2D eigenvalue weighted by molar-refractivity contribution is 0.101. The average molecular weight is 249 g/mol. The standard InChI is InChI=1S/C11H15N5O2/c1-4-7-8(12)9(16(3)15-7)10(17)14-11-13-6(2)5-18-11/h5H,4,12H2,1-3H3,(H,13,14,17). The second kappa shape index (κ2) is 4.52. The minimum absolute atomic E-state index is 0.149.